The van der Waals surface area contributed by atoms with Gasteiger partial charge in [0.2, 0.25) is 5.09 Å². The van der Waals surface area contributed by atoms with Gasteiger partial charge in [0.1, 0.15) is 5.58 Å². The first kappa shape index (κ1) is 15.5. The van der Waals surface area contributed by atoms with Gasteiger partial charge in [-0.2, -0.15) is 4.31 Å². The van der Waals surface area contributed by atoms with Gasteiger partial charge in [0.05, 0.1) is 0 Å². The van der Waals surface area contributed by atoms with Gasteiger partial charge in [-0.3, -0.25) is 0 Å². The Morgan fingerprint density at radius 1 is 1.36 bits per heavy atom. The number of furan rings is 1. The molecule has 6 heteroatoms. The quantitative estimate of drug-likeness (QED) is 0.848. The molecular weight excluding hydrogens is 300 g/mol. The molecule has 3 rings (SSSR count). The van der Waals surface area contributed by atoms with Crippen molar-refractivity contribution in [2.45, 2.75) is 18.4 Å². The Bertz CT molecular complexity index is 721. The van der Waals surface area contributed by atoms with Crippen molar-refractivity contribution in [3.05, 3.63) is 30.3 Å². The molecule has 0 spiro atoms. The van der Waals surface area contributed by atoms with E-state index in [2.05, 4.69) is 18.9 Å². The van der Waals surface area contributed by atoms with Gasteiger partial charge in [-0.25, -0.2) is 8.42 Å². The van der Waals surface area contributed by atoms with Crippen LogP contribution in [0.15, 0.2) is 39.8 Å². The maximum atomic E-state index is 12.7. The van der Waals surface area contributed by atoms with E-state index in [1.165, 1.54) is 0 Å². The Morgan fingerprint density at radius 3 is 2.86 bits per heavy atom. The van der Waals surface area contributed by atoms with Crippen LogP contribution in [0.4, 0.5) is 0 Å². The molecule has 120 valence electrons. The Balaban J connectivity index is 1.79. The average molecular weight is 322 g/mol. The molecule has 2 aromatic rings. The molecule has 22 heavy (non-hydrogen) atoms. The molecule has 1 aromatic carbocycles. The van der Waals surface area contributed by atoms with E-state index in [1.54, 1.807) is 16.4 Å². The second kappa shape index (κ2) is 6.02. The third kappa shape index (κ3) is 2.91. The van der Waals surface area contributed by atoms with Crippen molar-refractivity contribution >= 4 is 21.0 Å². The number of sulfonamides is 1. The van der Waals surface area contributed by atoms with E-state index < -0.39 is 10.0 Å². The number of para-hydroxylation sites is 1. The smallest absolute Gasteiger partial charge is 0.276 e. The van der Waals surface area contributed by atoms with Crippen molar-refractivity contribution < 1.29 is 12.8 Å². The molecule has 5 nitrogen and oxygen atoms in total. The highest BCUT2D eigenvalue weighted by atomic mass is 32.2. The van der Waals surface area contributed by atoms with Gasteiger partial charge in [0, 0.05) is 31.1 Å². The fourth-order valence-corrected chi connectivity index (χ4v) is 4.42. The predicted molar refractivity (Wildman–Crippen MR) is 86.3 cm³/mol. The third-order valence-electron chi connectivity index (χ3n) is 4.36. The van der Waals surface area contributed by atoms with Gasteiger partial charge < -0.3 is 9.32 Å². The van der Waals surface area contributed by atoms with Crippen LogP contribution in [0.25, 0.3) is 11.0 Å². The number of rotatable bonds is 5. The maximum Gasteiger partial charge on any atom is 0.276 e. The summed E-state index contributed by atoms with van der Waals surface area (Å²) < 4.78 is 32.5. The Kier molecular flexibility index (Phi) is 4.25. The highest BCUT2D eigenvalue weighted by Crippen LogP contribution is 2.28. The predicted octanol–water partition coefficient (Wildman–Crippen LogP) is 2.40. The van der Waals surface area contributed by atoms with Crippen molar-refractivity contribution in [2.75, 3.05) is 33.2 Å². The molecule has 2 heterocycles. The monoisotopic (exact) mass is 322 g/mol. The van der Waals surface area contributed by atoms with Crippen molar-refractivity contribution in [1.29, 1.82) is 0 Å². The summed E-state index contributed by atoms with van der Waals surface area (Å²) in [5.41, 5.74) is 0.613. The van der Waals surface area contributed by atoms with E-state index >= 15 is 0 Å². The van der Waals surface area contributed by atoms with Crippen LogP contribution in [0, 0.1) is 5.92 Å². The molecule has 1 atom stereocenters. The first-order valence-corrected chi connectivity index (χ1v) is 9.12. The SMILES string of the molecule is CCN(C)C[C@@H]1CCN(S(=O)(=O)c2cc3ccccc3o2)C1. The Labute approximate surface area is 131 Å². The van der Waals surface area contributed by atoms with Gasteiger partial charge >= 0.3 is 0 Å². The van der Waals surface area contributed by atoms with Crippen molar-refractivity contribution in [3.8, 4) is 0 Å². The minimum atomic E-state index is -3.53. The largest absolute Gasteiger partial charge is 0.443 e. The number of nitrogens with zero attached hydrogens (tertiary/aromatic N) is 2. The molecule has 0 unspecified atom stereocenters. The second-order valence-corrected chi connectivity index (χ2v) is 7.84. The lowest BCUT2D eigenvalue weighted by atomic mass is 10.1. The standard InChI is InChI=1S/C16H22N2O3S/c1-3-17(2)11-13-8-9-18(12-13)22(19,20)16-10-14-6-4-5-7-15(14)21-16/h4-7,10,13H,3,8-9,11-12H2,1-2H3/t13-/m0/s1. The summed E-state index contributed by atoms with van der Waals surface area (Å²) in [6, 6.07) is 8.99. The van der Waals surface area contributed by atoms with Crippen LogP contribution in [-0.2, 0) is 10.0 Å². The number of fused-ring (bicyclic) bond motifs is 1. The van der Waals surface area contributed by atoms with Gasteiger partial charge in [0.15, 0.2) is 0 Å². The average Bonchev–Trinajstić information content (AvgIpc) is 3.13. The summed E-state index contributed by atoms with van der Waals surface area (Å²) in [6.45, 7) is 5.17. The van der Waals surface area contributed by atoms with E-state index in [9.17, 15) is 8.42 Å². The number of benzene rings is 1. The van der Waals surface area contributed by atoms with Crippen molar-refractivity contribution in [3.63, 3.8) is 0 Å². The molecular formula is C16H22N2O3S. The summed E-state index contributed by atoms with van der Waals surface area (Å²) in [5, 5.41) is 0.876. The Morgan fingerprint density at radius 2 is 2.14 bits per heavy atom. The van der Waals surface area contributed by atoms with E-state index in [1.807, 2.05) is 18.2 Å². The zero-order chi connectivity index (χ0) is 15.7. The van der Waals surface area contributed by atoms with Gasteiger partial charge in [-0.15, -0.1) is 0 Å². The highest BCUT2D eigenvalue weighted by molar-refractivity contribution is 7.89. The summed E-state index contributed by atoms with van der Waals surface area (Å²) in [5.74, 6) is 0.393. The maximum absolute atomic E-state index is 12.7. The molecule has 0 aliphatic carbocycles. The summed E-state index contributed by atoms with van der Waals surface area (Å²) in [4.78, 5) is 2.22. The lowest BCUT2D eigenvalue weighted by Crippen LogP contribution is -2.31. The molecule has 1 aromatic heterocycles. The first-order chi connectivity index (χ1) is 10.5. The zero-order valence-electron chi connectivity index (χ0n) is 13.0. The van der Waals surface area contributed by atoms with Crippen LogP contribution < -0.4 is 0 Å². The van der Waals surface area contributed by atoms with E-state index in [0.717, 1.165) is 24.9 Å². The zero-order valence-corrected chi connectivity index (χ0v) is 13.8. The summed E-state index contributed by atoms with van der Waals surface area (Å²) in [6.07, 6.45) is 0.907. The normalized spacial score (nSPS) is 20.2. The molecule has 0 radical (unpaired) electrons. The van der Waals surface area contributed by atoms with E-state index in [4.69, 9.17) is 4.42 Å². The number of hydrogen-bond donors (Lipinski definition) is 0. The lowest BCUT2D eigenvalue weighted by Gasteiger charge is -2.19. The highest BCUT2D eigenvalue weighted by Gasteiger charge is 2.34. The van der Waals surface area contributed by atoms with Gasteiger partial charge in [-0.05, 0) is 32.0 Å². The van der Waals surface area contributed by atoms with Crippen molar-refractivity contribution in [2.24, 2.45) is 5.92 Å². The van der Waals surface area contributed by atoms with Crippen LogP contribution in [0.3, 0.4) is 0 Å². The molecule has 0 amide bonds. The molecule has 1 saturated heterocycles. The van der Waals surface area contributed by atoms with Crippen LogP contribution in [-0.4, -0.2) is 50.8 Å². The third-order valence-corrected chi connectivity index (χ3v) is 6.08. The fourth-order valence-electron chi connectivity index (χ4n) is 2.95. The minimum Gasteiger partial charge on any atom is -0.443 e. The molecule has 1 aliphatic rings. The molecule has 1 fully saturated rings. The summed E-state index contributed by atoms with van der Waals surface area (Å²) >= 11 is 0. The fraction of sp³-hybridized carbons (Fsp3) is 0.500. The van der Waals surface area contributed by atoms with Gasteiger partial charge in [0.25, 0.3) is 10.0 Å². The van der Waals surface area contributed by atoms with Crippen LogP contribution in [0.2, 0.25) is 0 Å². The first-order valence-electron chi connectivity index (χ1n) is 7.68. The lowest BCUT2D eigenvalue weighted by molar-refractivity contribution is 0.292. The summed E-state index contributed by atoms with van der Waals surface area (Å²) in [7, 11) is -1.46. The molecule has 0 bridgehead atoms. The Hall–Kier alpha value is -1.37. The van der Waals surface area contributed by atoms with Crippen LogP contribution >= 0.6 is 0 Å². The molecule has 0 N–H and O–H groups in total. The van der Waals surface area contributed by atoms with Crippen LogP contribution in [0.5, 0.6) is 0 Å². The van der Waals surface area contributed by atoms with Crippen LogP contribution in [0.1, 0.15) is 13.3 Å². The topological polar surface area (TPSA) is 53.8 Å². The minimum absolute atomic E-state index is 0.0539. The van der Waals surface area contributed by atoms with E-state index in [-0.39, 0.29) is 5.09 Å². The van der Waals surface area contributed by atoms with Gasteiger partial charge in [-0.1, -0.05) is 25.1 Å². The molecule has 0 saturated carbocycles. The van der Waals surface area contributed by atoms with Crippen molar-refractivity contribution in [1.82, 2.24) is 9.21 Å². The number of hydrogen-bond acceptors (Lipinski definition) is 4. The van der Waals surface area contributed by atoms with E-state index in [0.29, 0.717) is 24.6 Å². The molecule has 1 aliphatic heterocycles. The second-order valence-electron chi connectivity index (χ2n) is 5.98.